The number of ether oxygens (including phenoxy) is 1. The van der Waals surface area contributed by atoms with Gasteiger partial charge < -0.3 is 14.6 Å². The molecule has 1 rings (SSSR count). The molecule has 0 N–H and O–H groups in total. The molecular formula is C10H9KO7S. The van der Waals surface area contributed by atoms with E-state index < -0.39 is 32.5 Å². The topological polar surface area (TPSA) is 110 Å². The van der Waals surface area contributed by atoms with Crippen LogP contribution in [0.25, 0.3) is 0 Å². The Morgan fingerprint density at radius 2 is 1.79 bits per heavy atom. The normalized spacial score (nSPS) is 10.4. The molecule has 1 aromatic carbocycles. The second kappa shape index (κ2) is 7.48. The number of aromatic carboxylic acids is 1. The molecule has 0 aliphatic carbocycles. The molecule has 0 fully saturated rings. The predicted octanol–water partition coefficient (Wildman–Crippen LogP) is -3.82. The van der Waals surface area contributed by atoms with Crippen molar-refractivity contribution >= 4 is 22.1 Å². The first kappa shape index (κ1) is 18.7. The Morgan fingerprint density at radius 3 is 2.21 bits per heavy atom. The summed E-state index contributed by atoms with van der Waals surface area (Å²) < 4.78 is 31.8. The third-order valence-electron chi connectivity index (χ3n) is 2.11. The van der Waals surface area contributed by atoms with Crippen molar-refractivity contribution in [2.24, 2.45) is 0 Å². The van der Waals surface area contributed by atoms with E-state index in [1.54, 1.807) is 0 Å². The first-order valence-electron chi connectivity index (χ1n) is 4.58. The minimum Gasteiger partial charge on any atom is -0.545 e. The molecule has 9 heteroatoms. The van der Waals surface area contributed by atoms with Crippen LogP contribution >= 0.6 is 0 Å². The summed E-state index contributed by atoms with van der Waals surface area (Å²) in [7, 11) is -2.27. The molecule has 98 valence electrons. The second-order valence-corrected chi connectivity index (χ2v) is 4.79. The van der Waals surface area contributed by atoms with E-state index in [0.29, 0.717) is 0 Å². The van der Waals surface area contributed by atoms with Gasteiger partial charge in [0, 0.05) is 0 Å². The molecule has 7 nitrogen and oxygen atoms in total. The minimum absolute atomic E-state index is 0. The number of benzene rings is 1. The summed E-state index contributed by atoms with van der Waals surface area (Å²) in [6.07, 6.45) is 0. The van der Waals surface area contributed by atoms with E-state index in [-0.39, 0.29) is 56.9 Å². The molecule has 19 heavy (non-hydrogen) atoms. The van der Waals surface area contributed by atoms with Gasteiger partial charge in [-0.25, -0.2) is 4.79 Å². The van der Waals surface area contributed by atoms with Crippen LogP contribution in [0.4, 0.5) is 0 Å². The Hall–Kier alpha value is -0.294. The molecule has 0 aliphatic heterocycles. The van der Waals surface area contributed by atoms with Crippen molar-refractivity contribution in [3.05, 3.63) is 29.3 Å². The number of carboxylic acid groups (broad SMARTS) is 1. The molecule has 0 aromatic heterocycles. The van der Waals surface area contributed by atoms with E-state index in [9.17, 15) is 23.1 Å². The largest absolute Gasteiger partial charge is 1.00 e. The van der Waals surface area contributed by atoms with Crippen molar-refractivity contribution in [3.63, 3.8) is 0 Å². The molecule has 0 radical (unpaired) electrons. The van der Waals surface area contributed by atoms with Gasteiger partial charge in [-0.05, 0) is 17.7 Å². The Bertz CT molecular complexity index is 594. The standard InChI is InChI=1S/C10H10O7S.K/c1-16-10(13)7-4-3-6(9(11)12)5-8(7)18(14,15)17-2;/h3-5H,1-2H3,(H,11,12);/q;+1/p-1. The maximum Gasteiger partial charge on any atom is 1.00 e. The number of carbonyl (C=O) groups excluding carboxylic acids is 2. The number of carboxylic acids is 1. The zero-order valence-corrected chi connectivity index (χ0v) is 14.4. The van der Waals surface area contributed by atoms with Crippen LogP contribution in [0.15, 0.2) is 23.1 Å². The zero-order valence-electron chi connectivity index (χ0n) is 10.5. The molecule has 0 saturated carbocycles. The number of carbonyl (C=O) groups is 2. The van der Waals surface area contributed by atoms with Crippen LogP contribution in [0.3, 0.4) is 0 Å². The van der Waals surface area contributed by atoms with E-state index in [4.69, 9.17) is 0 Å². The van der Waals surface area contributed by atoms with Gasteiger partial charge in [0.2, 0.25) is 0 Å². The summed E-state index contributed by atoms with van der Waals surface area (Å²) in [5, 5.41) is 10.7. The van der Waals surface area contributed by atoms with E-state index in [2.05, 4.69) is 8.92 Å². The third kappa shape index (κ3) is 4.34. The van der Waals surface area contributed by atoms with Crippen LogP contribution in [0, 0.1) is 0 Å². The average Bonchev–Trinajstić information content (AvgIpc) is 2.36. The van der Waals surface area contributed by atoms with Gasteiger partial charge in [0.25, 0.3) is 10.1 Å². The minimum atomic E-state index is -4.23. The zero-order chi connectivity index (χ0) is 13.9. The number of methoxy groups -OCH3 is 1. The molecular weight excluding hydrogens is 303 g/mol. The van der Waals surface area contributed by atoms with Crippen molar-refractivity contribution < 1.29 is 83.4 Å². The Labute approximate surface area is 152 Å². The van der Waals surface area contributed by atoms with Crippen molar-refractivity contribution in [2.45, 2.75) is 4.90 Å². The Morgan fingerprint density at radius 1 is 1.21 bits per heavy atom. The average molecular weight is 312 g/mol. The molecule has 0 bridgehead atoms. The summed E-state index contributed by atoms with van der Waals surface area (Å²) in [6.45, 7) is 0. The van der Waals surface area contributed by atoms with Gasteiger partial charge in [0.15, 0.2) is 0 Å². The van der Waals surface area contributed by atoms with Gasteiger partial charge in [-0.2, -0.15) is 8.42 Å². The summed E-state index contributed by atoms with van der Waals surface area (Å²) in [5.74, 6) is -2.49. The second-order valence-electron chi connectivity index (χ2n) is 3.11. The van der Waals surface area contributed by atoms with Crippen molar-refractivity contribution in [2.75, 3.05) is 14.2 Å². The van der Waals surface area contributed by atoms with Crippen LogP contribution < -0.4 is 56.5 Å². The smallest absolute Gasteiger partial charge is 0.545 e. The van der Waals surface area contributed by atoms with Crippen molar-refractivity contribution in [1.82, 2.24) is 0 Å². The van der Waals surface area contributed by atoms with E-state index >= 15 is 0 Å². The number of rotatable bonds is 4. The third-order valence-corrected chi connectivity index (χ3v) is 3.43. The maximum atomic E-state index is 11.6. The van der Waals surface area contributed by atoms with Gasteiger partial charge in [0.1, 0.15) is 4.90 Å². The van der Waals surface area contributed by atoms with Crippen LogP contribution in [0.5, 0.6) is 0 Å². The van der Waals surface area contributed by atoms with E-state index in [1.165, 1.54) is 0 Å². The van der Waals surface area contributed by atoms with Crippen molar-refractivity contribution in [1.29, 1.82) is 0 Å². The summed E-state index contributed by atoms with van der Waals surface area (Å²) in [5.41, 5.74) is -0.706. The fourth-order valence-electron chi connectivity index (χ4n) is 1.22. The summed E-state index contributed by atoms with van der Waals surface area (Å²) in [6, 6.07) is 2.83. The Balaban J connectivity index is 0.00000324. The fraction of sp³-hybridized carbons (Fsp3) is 0.200. The monoisotopic (exact) mass is 312 g/mol. The summed E-state index contributed by atoms with van der Waals surface area (Å²) >= 11 is 0. The van der Waals surface area contributed by atoms with E-state index in [1.807, 2.05) is 0 Å². The number of esters is 1. The first-order chi connectivity index (χ1) is 8.33. The molecule has 0 spiro atoms. The SMILES string of the molecule is COC(=O)c1ccc(C(=O)[O-])cc1S(=O)(=O)OC.[K+]. The first-order valence-corrected chi connectivity index (χ1v) is 5.98. The van der Waals surface area contributed by atoms with Crippen LogP contribution in [0.1, 0.15) is 20.7 Å². The van der Waals surface area contributed by atoms with Gasteiger partial charge in [-0.3, -0.25) is 4.18 Å². The van der Waals surface area contributed by atoms with Crippen LogP contribution in [-0.4, -0.2) is 34.6 Å². The molecule has 0 aliphatic rings. The van der Waals surface area contributed by atoms with Gasteiger partial charge in [-0.15, -0.1) is 0 Å². The quantitative estimate of drug-likeness (QED) is 0.318. The van der Waals surface area contributed by atoms with Crippen molar-refractivity contribution in [3.8, 4) is 0 Å². The fourth-order valence-corrected chi connectivity index (χ4v) is 2.10. The maximum absolute atomic E-state index is 11.6. The molecule has 0 unspecified atom stereocenters. The molecule has 0 heterocycles. The number of hydrogen-bond acceptors (Lipinski definition) is 7. The number of hydrogen-bond donors (Lipinski definition) is 0. The van der Waals surface area contributed by atoms with Gasteiger partial charge >= 0.3 is 57.4 Å². The molecule has 0 amide bonds. The molecule has 0 atom stereocenters. The van der Waals surface area contributed by atoms with Crippen LogP contribution in [-0.2, 0) is 19.0 Å². The van der Waals surface area contributed by atoms with Gasteiger partial charge in [0.05, 0.1) is 25.8 Å². The molecule has 0 saturated heterocycles. The predicted molar refractivity (Wildman–Crippen MR) is 56.3 cm³/mol. The van der Waals surface area contributed by atoms with Crippen LogP contribution in [0.2, 0.25) is 0 Å². The summed E-state index contributed by atoms with van der Waals surface area (Å²) in [4.78, 5) is 21.4. The van der Waals surface area contributed by atoms with E-state index in [0.717, 1.165) is 32.4 Å². The Kier molecular flexibility index (Phi) is 7.36. The molecule has 1 aromatic rings. The van der Waals surface area contributed by atoms with Gasteiger partial charge in [-0.1, -0.05) is 6.07 Å².